The average molecular weight is 753 g/mol. The smallest absolute Gasteiger partial charge is 0.160 e. The molecule has 9 aromatic carbocycles. The Balaban J connectivity index is 1.01. The van der Waals surface area contributed by atoms with Crippen molar-refractivity contribution in [1.29, 1.82) is 0 Å². The van der Waals surface area contributed by atoms with E-state index in [-0.39, 0.29) is 0 Å². The van der Waals surface area contributed by atoms with Crippen LogP contribution in [0.25, 0.3) is 111 Å². The third-order valence-corrected chi connectivity index (χ3v) is 11.3. The highest BCUT2D eigenvalue weighted by molar-refractivity contribution is 6.22. The molecule has 0 atom stereocenters. The van der Waals surface area contributed by atoms with Crippen LogP contribution in [0, 0.1) is 0 Å². The van der Waals surface area contributed by atoms with Gasteiger partial charge in [0.05, 0.1) is 11.4 Å². The summed E-state index contributed by atoms with van der Waals surface area (Å²) < 4.78 is 6.67. The number of hydrogen-bond acceptors (Lipinski definition) is 3. The lowest BCUT2D eigenvalue weighted by atomic mass is 9.93. The molecule has 11 aromatic rings. The van der Waals surface area contributed by atoms with E-state index in [4.69, 9.17) is 14.4 Å². The van der Waals surface area contributed by atoms with Gasteiger partial charge in [-0.3, -0.25) is 0 Å². The molecule has 276 valence electrons. The molecule has 0 bridgehead atoms. The van der Waals surface area contributed by atoms with Gasteiger partial charge in [0, 0.05) is 32.8 Å². The second-order valence-electron chi connectivity index (χ2n) is 14.9. The molecular formula is C56H36N2O. The van der Waals surface area contributed by atoms with Crippen LogP contribution in [-0.4, -0.2) is 9.97 Å². The summed E-state index contributed by atoms with van der Waals surface area (Å²) in [5, 5.41) is 4.52. The summed E-state index contributed by atoms with van der Waals surface area (Å²) in [6.07, 6.45) is 0. The van der Waals surface area contributed by atoms with Gasteiger partial charge in [-0.2, -0.15) is 0 Å². The normalized spacial score (nSPS) is 11.4. The molecule has 0 radical (unpaired) electrons. The first-order chi connectivity index (χ1) is 29.2. The Bertz CT molecular complexity index is 3160. The van der Waals surface area contributed by atoms with Gasteiger partial charge in [0.25, 0.3) is 0 Å². The number of rotatable bonds is 7. The van der Waals surface area contributed by atoms with Crippen LogP contribution in [0.5, 0.6) is 0 Å². The Morgan fingerprint density at radius 2 is 0.729 bits per heavy atom. The predicted molar refractivity (Wildman–Crippen MR) is 245 cm³/mol. The highest BCUT2D eigenvalue weighted by atomic mass is 16.3. The van der Waals surface area contributed by atoms with Gasteiger partial charge in [-0.25, -0.2) is 9.97 Å². The van der Waals surface area contributed by atoms with Gasteiger partial charge in [0.15, 0.2) is 5.82 Å². The fourth-order valence-corrected chi connectivity index (χ4v) is 8.34. The molecule has 0 saturated heterocycles. The van der Waals surface area contributed by atoms with Crippen molar-refractivity contribution < 1.29 is 4.42 Å². The molecule has 0 aliphatic carbocycles. The largest absolute Gasteiger partial charge is 0.455 e. The van der Waals surface area contributed by atoms with Crippen molar-refractivity contribution in [2.24, 2.45) is 0 Å². The monoisotopic (exact) mass is 752 g/mol. The van der Waals surface area contributed by atoms with Crippen molar-refractivity contribution in [1.82, 2.24) is 9.97 Å². The van der Waals surface area contributed by atoms with Crippen LogP contribution in [0.4, 0.5) is 0 Å². The molecule has 0 saturated carbocycles. The zero-order valence-corrected chi connectivity index (χ0v) is 32.1. The van der Waals surface area contributed by atoms with Crippen molar-refractivity contribution in [2.45, 2.75) is 0 Å². The van der Waals surface area contributed by atoms with Gasteiger partial charge in [0.2, 0.25) is 0 Å². The number of furan rings is 1. The van der Waals surface area contributed by atoms with Gasteiger partial charge in [-0.05, 0) is 68.1 Å². The first kappa shape index (κ1) is 34.4. The maximum atomic E-state index is 6.67. The molecule has 2 aromatic heterocycles. The molecule has 0 aliphatic rings. The molecule has 59 heavy (non-hydrogen) atoms. The lowest BCUT2D eigenvalue weighted by molar-refractivity contribution is 0.673. The second-order valence-corrected chi connectivity index (χ2v) is 14.9. The quantitative estimate of drug-likeness (QED) is 0.163. The molecule has 11 rings (SSSR count). The molecule has 0 fully saturated rings. The van der Waals surface area contributed by atoms with Crippen molar-refractivity contribution in [2.75, 3.05) is 0 Å². The van der Waals surface area contributed by atoms with Gasteiger partial charge in [-0.1, -0.05) is 200 Å². The van der Waals surface area contributed by atoms with Crippen LogP contribution >= 0.6 is 0 Å². The van der Waals surface area contributed by atoms with E-state index in [9.17, 15) is 0 Å². The van der Waals surface area contributed by atoms with E-state index < -0.39 is 0 Å². The molecule has 0 unspecified atom stereocenters. The fraction of sp³-hybridized carbons (Fsp3) is 0. The van der Waals surface area contributed by atoms with E-state index in [1.807, 2.05) is 12.1 Å². The van der Waals surface area contributed by atoms with E-state index in [0.717, 1.165) is 72.1 Å². The van der Waals surface area contributed by atoms with Crippen LogP contribution in [0.3, 0.4) is 0 Å². The third kappa shape index (κ3) is 6.36. The molecule has 2 heterocycles. The van der Waals surface area contributed by atoms with Crippen molar-refractivity contribution in [3.05, 3.63) is 218 Å². The molecule has 0 aliphatic heterocycles. The lowest BCUT2D eigenvalue weighted by Gasteiger charge is -2.12. The summed E-state index contributed by atoms with van der Waals surface area (Å²) in [4.78, 5) is 10.3. The maximum absolute atomic E-state index is 6.67. The van der Waals surface area contributed by atoms with E-state index >= 15 is 0 Å². The van der Waals surface area contributed by atoms with Gasteiger partial charge in [0.1, 0.15) is 11.2 Å². The Morgan fingerprint density at radius 1 is 0.288 bits per heavy atom. The summed E-state index contributed by atoms with van der Waals surface area (Å²) in [6, 6.07) is 76.8. The zero-order chi connectivity index (χ0) is 39.1. The molecule has 0 spiro atoms. The second kappa shape index (κ2) is 14.6. The standard InChI is InChI=1S/C56H36N2O/c1-4-13-37(14-5-1)39-23-29-43(30-24-39)51-36-52(58-56(57-51)45-33-25-40(26-34-45)38-15-6-2-7-16-38)44-31-27-42(28-32-44)46-21-12-22-53-54(46)50-35-49(41-17-8-3-9-18-41)47-19-10-11-20-48(47)55(50)59-53/h1-36H. The number of nitrogens with zero attached hydrogens (tertiary/aromatic N) is 2. The summed E-state index contributed by atoms with van der Waals surface area (Å²) in [5.74, 6) is 0.685. The Labute approximate surface area is 342 Å². The minimum Gasteiger partial charge on any atom is -0.455 e. The van der Waals surface area contributed by atoms with Gasteiger partial charge < -0.3 is 4.42 Å². The van der Waals surface area contributed by atoms with Gasteiger partial charge in [-0.15, -0.1) is 0 Å². The molecule has 0 amide bonds. The molecule has 3 heteroatoms. The number of aromatic nitrogens is 2. The molecule has 3 nitrogen and oxygen atoms in total. The van der Waals surface area contributed by atoms with Crippen LogP contribution < -0.4 is 0 Å². The van der Waals surface area contributed by atoms with Crippen LogP contribution in [-0.2, 0) is 0 Å². The van der Waals surface area contributed by atoms with E-state index in [0.29, 0.717) is 5.82 Å². The Kier molecular flexibility index (Phi) is 8.49. The highest BCUT2D eigenvalue weighted by Crippen LogP contribution is 2.43. The minimum atomic E-state index is 0.685. The number of hydrogen-bond donors (Lipinski definition) is 0. The van der Waals surface area contributed by atoms with Crippen LogP contribution in [0.15, 0.2) is 223 Å². The number of fused-ring (bicyclic) bond motifs is 5. The lowest BCUT2D eigenvalue weighted by Crippen LogP contribution is -1.96. The SMILES string of the molecule is c1ccc(-c2ccc(-c3cc(-c4ccc(-c5cccc6oc7c8ccccc8c(-c8ccccc8)cc7c56)cc4)nc(-c4ccc(-c5ccccc5)cc4)n3)cc2)cc1. The summed E-state index contributed by atoms with van der Waals surface area (Å²) in [7, 11) is 0. The number of benzene rings is 9. The van der Waals surface area contributed by atoms with Crippen LogP contribution in [0.2, 0.25) is 0 Å². The third-order valence-electron chi connectivity index (χ3n) is 11.3. The van der Waals surface area contributed by atoms with E-state index in [1.54, 1.807) is 0 Å². The maximum Gasteiger partial charge on any atom is 0.160 e. The predicted octanol–water partition coefficient (Wildman–Crippen LogP) is 15.2. The highest BCUT2D eigenvalue weighted by Gasteiger charge is 2.18. The zero-order valence-electron chi connectivity index (χ0n) is 32.1. The topological polar surface area (TPSA) is 38.9 Å². The van der Waals surface area contributed by atoms with E-state index in [1.165, 1.54) is 33.2 Å². The Hall–Kier alpha value is -7.88. The van der Waals surface area contributed by atoms with Crippen molar-refractivity contribution in [3.63, 3.8) is 0 Å². The Morgan fingerprint density at radius 3 is 1.31 bits per heavy atom. The summed E-state index contributed by atoms with van der Waals surface area (Å²) >= 11 is 0. The van der Waals surface area contributed by atoms with E-state index in [2.05, 4.69) is 206 Å². The minimum absolute atomic E-state index is 0.685. The van der Waals surface area contributed by atoms with Gasteiger partial charge >= 0.3 is 0 Å². The first-order valence-corrected chi connectivity index (χ1v) is 20.0. The summed E-state index contributed by atoms with van der Waals surface area (Å²) in [5.41, 5.74) is 15.8. The average Bonchev–Trinajstić information content (AvgIpc) is 3.71. The van der Waals surface area contributed by atoms with Crippen molar-refractivity contribution >= 4 is 32.7 Å². The first-order valence-electron chi connectivity index (χ1n) is 20.0. The van der Waals surface area contributed by atoms with Crippen molar-refractivity contribution in [3.8, 4) is 78.4 Å². The van der Waals surface area contributed by atoms with Crippen LogP contribution in [0.1, 0.15) is 0 Å². The fourth-order valence-electron chi connectivity index (χ4n) is 8.34. The molecule has 0 N–H and O–H groups in total. The molecular weight excluding hydrogens is 717 g/mol. The summed E-state index contributed by atoms with van der Waals surface area (Å²) in [6.45, 7) is 0.